The highest BCUT2D eigenvalue weighted by Gasteiger charge is 2.41. The van der Waals surface area contributed by atoms with E-state index in [-0.39, 0.29) is 5.92 Å². The quantitative estimate of drug-likeness (QED) is 0.877. The van der Waals surface area contributed by atoms with Gasteiger partial charge in [-0.1, -0.05) is 17.7 Å². The van der Waals surface area contributed by atoms with Crippen molar-refractivity contribution in [2.24, 2.45) is 5.92 Å². The van der Waals surface area contributed by atoms with Gasteiger partial charge in [-0.05, 0) is 57.2 Å². The van der Waals surface area contributed by atoms with Crippen molar-refractivity contribution in [3.05, 3.63) is 28.8 Å². The zero-order valence-corrected chi connectivity index (χ0v) is 15.7. The average molecular weight is 370 g/mol. The molecule has 1 aromatic rings. The lowest BCUT2D eigenvalue weighted by molar-refractivity contribution is -0.142. The highest BCUT2D eigenvalue weighted by atomic mass is 35.5. The normalized spacial score (nSPS) is 20.4. The molecule has 0 radical (unpaired) electrons. The van der Waals surface area contributed by atoms with Crippen LogP contribution in [-0.4, -0.2) is 47.4 Å². The number of carbonyl (C=O) groups is 2. The van der Waals surface area contributed by atoms with Crippen LogP contribution >= 0.6 is 11.6 Å². The molecule has 1 saturated heterocycles. The topological polar surface area (TPSA) is 76.1 Å². The maximum absolute atomic E-state index is 12.3. The minimum atomic E-state index is -1.01. The zero-order valence-electron chi connectivity index (χ0n) is 14.9. The Morgan fingerprint density at radius 2 is 2.04 bits per heavy atom. The summed E-state index contributed by atoms with van der Waals surface area (Å²) >= 11 is 6.14. The lowest BCUT2D eigenvalue weighted by Crippen LogP contribution is -2.43. The summed E-state index contributed by atoms with van der Waals surface area (Å²) in [5, 5.41) is 9.95. The van der Waals surface area contributed by atoms with E-state index in [4.69, 9.17) is 21.1 Å². The number of halogens is 1. The first-order valence-electron chi connectivity index (χ1n) is 8.15. The summed E-state index contributed by atoms with van der Waals surface area (Å²) in [4.78, 5) is 25.2. The Hall–Kier alpha value is -1.95. The predicted molar refractivity (Wildman–Crippen MR) is 94.2 cm³/mol. The Morgan fingerprint density at radius 1 is 1.36 bits per heavy atom. The summed E-state index contributed by atoms with van der Waals surface area (Å²) in [6.45, 7) is 5.62. The van der Waals surface area contributed by atoms with Crippen LogP contribution < -0.4 is 4.74 Å². The number of carboxylic acids is 1. The second-order valence-corrected chi connectivity index (χ2v) is 7.67. The van der Waals surface area contributed by atoms with E-state index in [2.05, 4.69) is 0 Å². The average Bonchev–Trinajstić information content (AvgIpc) is 2.90. The van der Waals surface area contributed by atoms with Gasteiger partial charge in [-0.15, -0.1) is 0 Å². The number of ether oxygens (including phenoxy) is 2. The molecule has 6 nitrogen and oxygen atoms in total. The predicted octanol–water partition coefficient (Wildman–Crippen LogP) is 3.60. The molecule has 1 N–H and O–H groups in total. The molecule has 0 aromatic heterocycles. The van der Waals surface area contributed by atoms with E-state index in [1.807, 2.05) is 12.1 Å². The second kappa shape index (κ2) is 7.52. The molecule has 1 aliphatic rings. The van der Waals surface area contributed by atoms with Crippen molar-refractivity contribution in [1.29, 1.82) is 0 Å². The molecule has 2 rings (SSSR count). The van der Waals surface area contributed by atoms with Gasteiger partial charge < -0.3 is 14.6 Å². The maximum Gasteiger partial charge on any atom is 0.411 e. The van der Waals surface area contributed by atoms with E-state index >= 15 is 0 Å². The monoisotopic (exact) mass is 369 g/mol. The van der Waals surface area contributed by atoms with Gasteiger partial charge in [-0.25, -0.2) is 9.59 Å². The van der Waals surface area contributed by atoms with Crippen molar-refractivity contribution in [2.45, 2.75) is 45.3 Å². The molecule has 0 bridgehead atoms. The zero-order chi connectivity index (χ0) is 18.8. The van der Waals surface area contributed by atoms with Gasteiger partial charge in [0.05, 0.1) is 12.1 Å². The Bertz CT molecular complexity index is 655. The van der Waals surface area contributed by atoms with Gasteiger partial charge in [-0.3, -0.25) is 4.90 Å². The number of methoxy groups -OCH3 is 1. The number of hydrogen-bond donors (Lipinski definition) is 1. The molecule has 1 aliphatic heterocycles. The summed E-state index contributed by atoms with van der Waals surface area (Å²) < 4.78 is 10.5. The third-order valence-corrected chi connectivity index (χ3v) is 4.34. The summed E-state index contributed by atoms with van der Waals surface area (Å²) in [7, 11) is 1.55. The highest BCUT2D eigenvalue weighted by Crippen LogP contribution is 2.31. The van der Waals surface area contributed by atoms with Crippen LogP contribution in [0.4, 0.5) is 4.79 Å². The van der Waals surface area contributed by atoms with Gasteiger partial charge in [0.2, 0.25) is 0 Å². The molecule has 1 unspecified atom stereocenters. The molecule has 138 valence electrons. The lowest BCUT2D eigenvalue weighted by Gasteiger charge is -2.26. The van der Waals surface area contributed by atoms with Gasteiger partial charge >= 0.3 is 12.1 Å². The summed E-state index contributed by atoms with van der Waals surface area (Å²) in [6, 6.07) is 4.63. The molecule has 0 aliphatic carbocycles. The first kappa shape index (κ1) is 19.4. The van der Waals surface area contributed by atoms with Gasteiger partial charge in [0.15, 0.2) is 0 Å². The van der Waals surface area contributed by atoms with Crippen LogP contribution in [0.2, 0.25) is 5.02 Å². The Balaban J connectivity index is 2.10. The lowest BCUT2D eigenvalue weighted by atomic mass is 9.96. The molecule has 0 saturated carbocycles. The molecule has 1 amide bonds. The van der Waals surface area contributed by atoms with E-state index in [9.17, 15) is 14.7 Å². The Kier molecular flexibility index (Phi) is 5.83. The third-order valence-electron chi connectivity index (χ3n) is 4.04. The fourth-order valence-corrected chi connectivity index (χ4v) is 3.28. The molecule has 1 fully saturated rings. The van der Waals surface area contributed by atoms with E-state index in [0.717, 1.165) is 5.56 Å². The molecular weight excluding hydrogens is 346 g/mol. The fraction of sp³-hybridized carbons (Fsp3) is 0.556. The third kappa shape index (κ3) is 5.01. The van der Waals surface area contributed by atoms with Crippen LogP contribution in [-0.2, 0) is 16.0 Å². The van der Waals surface area contributed by atoms with Crippen molar-refractivity contribution in [2.75, 3.05) is 13.7 Å². The van der Waals surface area contributed by atoms with Crippen LogP contribution in [0.3, 0.4) is 0 Å². The van der Waals surface area contributed by atoms with Crippen molar-refractivity contribution >= 4 is 23.7 Å². The van der Waals surface area contributed by atoms with Crippen LogP contribution in [0.15, 0.2) is 18.2 Å². The SMILES string of the molecule is COc1ccc(CC2C[C@@H](C(=O)O)N(C(=O)OC(C)(C)C)C2)cc1Cl. The molecule has 1 aromatic carbocycles. The Labute approximate surface area is 152 Å². The summed E-state index contributed by atoms with van der Waals surface area (Å²) in [5.74, 6) is -0.394. The Morgan fingerprint density at radius 3 is 2.56 bits per heavy atom. The smallest absolute Gasteiger partial charge is 0.411 e. The largest absolute Gasteiger partial charge is 0.495 e. The number of carbonyl (C=O) groups excluding carboxylic acids is 1. The second-order valence-electron chi connectivity index (χ2n) is 7.26. The van der Waals surface area contributed by atoms with Gasteiger partial charge in [0, 0.05) is 6.54 Å². The van der Waals surface area contributed by atoms with Crippen molar-refractivity contribution < 1.29 is 24.2 Å². The molecule has 1 heterocycles. The molecule has 0 spiro atoms. The molecule has 25 heavy (non-hydrogen) atoms. The van der Waals surface area contributed by atoms with E-state index < -0.39 is 23.7 Å². The minimum Gasteiger partial charge on any atom is -0.495 e. The highest BCUT2D eigenvalue weighted by molar-refractivity contribution is 6.32. The van der Waals surface area contributed by atoms with Gasteiger partial charge in [-0.2, -0.15) is 0 Å². The number of hydrogen-bond acceptors (Lipinski definition) is 4. The van der Waals surface area contributed by atoms with Crippen LogP contribution in [0.1, 0.15) is 32.8 Å². The van der Waals surface area contributed by atoms with E-state index in [1.54, 1.807) is 33.9 Å². The number of nitrogens with zero attached hydrogens (tertiary/aromatic N) is 1. The number of likely N-dealkylation sites (tertiary alicyclic amines) is 1. The number of carboxylic acid groups (broad SMARTS) is 1. The van der Waals surface area contributed by atoms with Crippen LogP contribution in [0, 0.1) is 5.92 Å². The number of aliphatic carboxylic acids is 1. The van der Waals surface area contributed by atoms with E-state index in [1.165, 1.54) is 4.90 Å². The van der Waals surface area contributed by atoms with Crippen LogP contribution in [0.25, 0.3) is 0 Å². The molecular formula is C18H24ClNO5. The number of rotatable bonds is 4. The first-order chi connectivity index (χ1) is 11.6. The summed E-state index contributed by atoms with van der Waals surface area (Å²) in [6.07, 6.45) is 0.431. The fourth-order valence-electron chi connectivity index (χ4n) is 3.00. The number of benzene rings is 1. The molecule has 2 atom stereocenters. The summed E-state index contributed by atoms with van der Waals surface area (Å²) in [5.41, 5.74) is 0.313. The van der Waals surface area contributed by atoms with E-state index in [0.29, 0.717) is 30.2 Å². The van der Waals surface area contributed by atoms with Crippen molar-refractivity contribution in [3.63, 3.8) is 0 Å². The van der Waals surface area contributed by atoms with Crippen molar-refractivity contribution in [1.82, 2.24) is 4.90 Å². The maximum atomic E-state index is 12.3. The number of amides is 1. The molecule has 7 heteroatoms. The van der Waals surface area contributed by atoms with Crippen LogP contribution in [0.5, 0.6) is 5.75 Å². The minimum absolute atomic E-state index is 0.0260. The standard InChI is InChI=1S/C18H24ClNO5/c1-18(2,3)25-17(23)20-10-12(9-14(20)16(21)22)7-11-5-6-15(24-4)13(19)8-11/h5-6,8,12,14H,7,9-10H2,1-4H3,(H,21,22)/t12?,14-/m0/s1. The van der Waals surface area contributed by atoms with Gasteiger partial charge in [0.1, 0.15) is 17.4 Å². The van der Waals surface area contributed by atoms with Gasteiger partial charge in [0.25, 0.3) is 0 Å². The first-order valence-corrected chi connectivity index (χ1v) is 8.53. The van der Waals surface area contributed by atoms with Crippen molar-refractivity contribution in [3.8, 4) is 5.75 Å².